The van der Waals surface area contributed by atoms with Crippen LogP contribution in [0.1, 0.15) is 32.3 Å². The van der Waals surface area contributed by atoms with Gasteiger partial charge in [-0.1, -0.05) is 17.7 Å². The van der Waals surface area contributed by atoms with E-state index in [1.807, 2.05) is 19.1 Å². The fourth-order valence-corrected chi connectivity index (χ4v) is 3.11. The van der Waals surface area contributed by atoms with Gasteiger partial charge >= 0.3 is 0 Å². The fraction of sp³-hybridized carbons (Fsp3) is 0.625. The van der Waals surface area contributed by atoms with Crippen LogP contribution in [0.5, 0.6) is 0 Å². The highest BCUT2D eigenvalue weighted by atomic mass is 35.5. The number of rotatable bonds is 5. The highest BCUT2D eigenvalue weighted by Gasteiger charge is 2.22. The van der Waals surface area contributed by atoms with E-state index in [4.69, 9.17) is 22.1 Å². The van der Waals surface area contributed by atoms with E-state index in [2.05, 4.69) is 17.9 Å². The van der Waals surface area contributed by atoms with E-state index in [1.165, 1.54) is 11.3 Å². The third kappa shape index (κ3) is 3.87. The molecule has 2 N–H and O–H groups in total. The molecule has 0 aromatic heterocycles. The van der Waals surface area contributed by atoms with Crippen LogP contribution in [-0.2, 0) is 11.2 Å². The quantitative estimate of drug-likeness (QED) is 0.906. The van der Waals surface area contributed by atoms with Gasteiger partial charge in [0.05, 0.1) is 6.10 Å². The minimum atomic E-state index is 0.120. The zero-order valence-corrected chi connectivity index (χ0v) is 13.2. The molecule has 2 rings (SSSR count). The van der Waals surface area contributed by atoms with Crippen LogP contribution in [0.3, 0.4) is 0 Å². The maximum Gasteiger partial charge on any atom is 0.0608 e. The molecule has 0 spiro atoms. The smallest absolute Gasteiger partial charge is 0.0608 e. The minimum absolute atomic E-state index is 0.120. The number of hydrogen-bond donors (Lipinski definition) is 1. The van der Waals surface area contributed by atoms with E-state index < -0.39 is 0 Å². The first-order chi connectivity index (χ1) is 9.61. The van der Waals surface area contributed by atoms with Crippen LogP contribution >= 0.6 is 11.6 Å². The highest BCUT2D eigenvalue weighted by Crippen LogP contribution is 2.31. The molecule has 1 unspecified atom stereocenters. The summed E-state index contributed by atoms with van der Waals surface area (Å²) in [6.45, 7) is 6.93. The molecule has 4 heteroatoms. The Balaban J connectivity index is 2.11. The Labute approximate surface area is 127 Å². The Morgan fingerprint density at radius 2 is 2.10 bits per heavy atom. The Morgan fingerprint density at radius 1 is 1.40 bits per heavy atom. The fourth-order valence-electron chi connectivity index (χ4n) is 2.87. The molecule has 0 aliphatic carbocycles. The topological polar surface area (TPSA) is 38.5 Å². The Kier molecular flexibility index (Phi) is 5.70. The zero-order chi connectivity index (χ0) is 14.5. The third-order valence-corrected chi connectivity index (χ3v) is 4.16. The second-order valence-electron chi connectivity index (χ2n) is 5.56. The highest BCUT2D eigenvalue weighted by molar-refractivity contribution is 6.31. The number of benzene rings is 1. The van der Waals surface area contributed by atoms with E-state index in [0.717, 1.165) is 44.0 Å². The molecule has 20 heavy (non-hydrogen) atoms. The van der Waals surface area contributed by atoms with Crippen molar-refractivity contribution in [1.29, 1.82) is 0 Å². The summed E-state index contributed by atoms with van der Waals surface area (Å²) < 4.78 is 5.71. The number of anilines is 1. The summed E-state index contributed by atoms with van der Waals surface area (Å²) in [6, 6.07) is 6.26. The molecule has 1 atom stereocenters. The number of nitrogens with two attached hydrogens (primary N) is 1. The summed E-state index contributed by atoms with van der Waals surface area (Å²) in [5, 5.41) is 0.826. The van der Waals surface area contributed by atoms with Gasteiger partial charge in [-0.05, 0) is 50.8 Å². The van der Waals surface area contributed by atoms with Gasteiger partial charge in [0.1, 0.15) is 0 Å². The SMILES string of the molecule is CCOC1CCN(c2cccc(Cl)c2CC(C)N)CC1. The molecule has 3 nitrogen and oxygen atoms in total. The molecule has 0 bridgehead atoms. The summed E-state index contributed by atoms with van der Waals surface area (Å²) in [5.41, 5.74) is 8.38. The van der Waals surface area contributed by atoms with Crippen LogP contribution in [0.2, 0.25) is 5.02 Å². The molecule has 1 aromatic carbocycles. The largest absolute Gasteiger partial charge is 0.378 e. The van der Waals surface area contributed by atoms with Crippen molar-refractivity contribution in [2.45, 2.75) is 45.3 Å². The van der Waals surface area contributed by atoms with Crippen LogP contribution in [-0.4, -0.2) is 31.8 Å². The molecule has 1 aliphatic heterocycles. The summed E-state index contributed by atoms with van der Waals surface area (Å²) in [4.78, 5) is 2.42. The van der Waals surface area contributed by atoms with Crippen molar-refractivity contribution in [2.24, 2.45) is 5.73 Å². The molecule has 1 aliphatic rings. The number of halogens is 1. The molecule has 112 valence electrons. The van der Waals surface area contributed by atoms with Crippen molar-refractivity contribution in [3.05, 3.63) is 28.8 Å². The number of hydrogen-bond acceptors (Lipinski definition) is 3. The monoisotopic (exact) mass is 296 g/mol. The predicted molar refractivity (Wildman–Crippen MR) is 85.7 cm³/mol. The molecule has 1 aromatic rings. The average molecular weight is 297 g/mol. The second kappa shape index (κ2) is 7.30. The van der Waals surface area contributed by atoms with Gasteiger partial charge in [-0.15, -0.1) is 0 Å². The van der Waals surface area contributed by atoms with E-state index in [9.17, 15) is 0 Å². The Morgan fingerprint density at radius 3 is 2.70 bits per heavy atom. The molecule has 0 amide bonds. The zero-order valence-electron chi connectivity index (χ0n) is 12.4. The van der Waals surface area contributed by atoms with Crippen LogP contribution in [0.4, 0.5) is 5.69 Å². The van der Waals surface area contributed by atoms with E-state index in [1.54, 1.807) is 0 Å². The molecular weight excluding hydrogens is 272 g/mol. The average Bonchev–Trinajstić information content (AvgIpc) is 2.42. The Hall–Kier alpha value is -0.770. The van der Waals surface area contributed by atoms with Gasteiger partial charge in [0.25, 0.3) is 0 Å². The first-order valence-corrected chi connectivity index (χ1v) is 7.89. The normalized spacial score (nSPS) is 18.3. The first kappa shape index (κ1) is 15.6. The molecule has 1 heterocycles. The van der Waals surface area contributed by atoms with Crippen molar-refractivity contribution in [3.8, 4) is 0 Å². The summed E-state index contributed by atoms with van der Waals surface area (Å²) in [6.07, 6.45) is 3.39. The first-order valence-electron chi connectivity index (χ1n) is 7.51. The van der Waals surface area contributed by atoms with E-state index in [-0.39, 0.29) is 6.04 Å². The Bertz CT molecular complexity index is 428. The molecular formula is C16H25ClN2O. The summed E-state index contributed by atoms with van der Waals surface area (Å²) in [7, 11) is 0. The lowest BCUT2D eigenvalue weighted by molar-refractivity contribution is 0.0459. The van der Waals surface area contributed by atoms with Crippen LogP contribution in [0.25, 0.3) is 0 Å². The second-order valence-corrected chi connectivity index (χ2v) is 5.97. The molecule has 1 fully saturated rings. The number of nitrogens with zero attached hydrogens (tertiary/aromatic N) is 1. The lowest BCUT2D eigenvalue weighted by atomic mass is 10.0. The number of ether oxygens (including phenoxy) is 1. The molecule has 1 saturated heterocycles. The van der Waals surface area contributed by atoms with Crippen LogP contribution in [0, 0.1) is 0 Å². The molecule has 0 radical (unpaired) electrons. The molecule has 0 saturated carbocycles. The van der Waals surface area contributed by atoms with Crippen molar-refractivity contribution in [2.75, 3.05) is 24.6 Å². The van der Waals surface area contributed by atoms with Crippen LogP contribution in [0.15, 0.2) is 18.2 Å². The minimum Gasteiger partial charge on any atom is -0.378 e. The van der Waals surface area contributed by atoms with Gasteiger partial charge < -0.3 is 15.4 Å². The summed E-state index contributed by atoms with van der Waals surface area (Å²) >= 11 is 6.36. The van der Waals surface area contributed by atoms with E-state index in [0.29, 0.717) is 6.10 Å². The lowest BCUT2D eigenvalue weighted by Gasteiger charge is -2.35. The van der Waals surface area contributed by atoms with Gasteiger partial charge in [0.2, 0.25) is 0 Å². The van der Waals surface area contributed by atoms with Gasteiger partial charge in [0.15, 0.2) is 0 Å². The maximum atomic E-state index is 6.36. The van der Waals surface area contributed by atoms with Crippen molar-refractivity contribution >= 4 is 17.3 Å². The van der Waals surface area contributed by atoms with Crippen molar-refractivity contribution < 1.29 is 4.74 Å². The predicted octanol–water partition coefficient (Wildman–Crippen LogP) is 3.24. The number of piperidine rings is 1. The van der Waals surface area contributed by atoms with Gasteiger partial charge in [-0.2, -0.15) is 0 Å². The van der Waals surface area contributed by atoms with Gasteiger partial charge in [-0.25, -0.2) is 0 Å². The van der Waals surface area contributed by atoms with Crippen molar-refractivity contribution in [1.82, 2.24) is 0 Å². The van der Waals surface area contributed by atoms with E-state index >= 15 is 0 Å². The third-order valence-electron chi connectivity index (χ3n) is 3.81. The van der Waals surface area contributed by atoms with Gasteiger partial charge in [0, 0.05) is 36.4 Å². The maximum absolute atomic E-state index is 6.36. The van der Waals surface area contributed by atoms with Crippen LogP contribution < -0.4 is 10.6 Å². The standard InChI is InChI=1S/C16H25ClN2O/c1-3-20-13-7-9-19(10-8-13)16-6-4-5-15(17)14(16)11-12(2)18/h4-6,12-13H,3,7-11,18H2,1-2H3. The van der Waals surface area contributed by atoms with Crippen molar-refractivity contribution in [3.63, 3.8) is 0 Å². The van der Waals surface area contributed by atoms with Gasteiger partial charge in [-0.3, -0.25) is 0 Å². The summed E-state index contributed by atoms with van der Waals surface area (Å²) in [5.74, 6) is 0. The lowest BCUT2D eigenvalue weighted by Crippen LogP contribution is -2.37.